The van der Waals surface area contributed by atoms with Crippen molar-refractivity contribution >= 4 is 27.8 Å². The van der Waals surface area contributed by atoms with Crippen molar-refractivity contribution in [2.24, 2.45) is 0 Å². The monoisotopic (exact) mass is 473 g/mol. The molecule has 0 aliphatic rings. The summed E-state index contributed by atoms with van der Waals surface area (Å²) in [5, 5.41) is 2.65. The summed E-state index contributed by atoms with van der Waals surface area (Å²) in [6.45, 7) is 2.24. The van der Waals surface area contributed by atoms with Gasteiger partial charge in [0, 0.05) is 6.20 Å². The average Bonchev–Trinajstić information content (AvgIpc) is 3.40. The molecule has 0 unspecified atom stereocenters. The van der Waals surface area contributed by atoms with Gasteiger partial charge < -0.3 is 0 Å². The summed E-state index contributed by atoms with van der Waals surface area (Å²) in [4.78, 5) is 4.47. The fraction of sp³-hybridized carbons (Fsp3) is 0.174. The Kier molecular flexibility index (Phi) is 10.7. The molecule has 0 amide bonds. The molecule has 1 aromatic heterocycles. The molecule has 4 heteroatoms. The summed E-state index contributed by atoms with van der Waals surface area (Å²) < 4.78 is 0. The number of halogens is 2. The summed E-state index contributed by atoms with van der Waals surface area (Å²) in [5.41, 5.74) is 3.74. The molecule has 0 N–H and O–H groups in total. The van der Waals surface area contributed by atoms with Gasteiger partial charge in [-0.1, -0.05) is 31.9 Å². The predicted molar refractivity (Wildman–Crippen MR) is 115 cm³/mol. The molecule has 0 spiro atoms. The van der Waals surface area contributed by atoms with Gasteiger partial charge in [0.15, 0.2) is 0 Å². The third-order valence-corrected chi connectivity index (χ3v) is 4.13. The Labute approximate surface area is 180 Å². The van der Waals surface area contributed by atoms with Gasteiger partial charge in [-0.15, -0.1) is 34.5 Å². The van der Waals surface area contributed by atoms with E-state index in [0.29, 0.717) is 0 Å². The summed E-state index contributed by atoms with van der Waals surface area (Å²) in [6.07, 6.45) is 5.53. The average molecular weight is 476 g/mol. The minimum atomic E-state index is -0.826. The Balaban J connectivity index is 0.000000274. The fourth-order valence-electron chi connectivity index (χ4n) is 2.89. The first-order chi connectivity index (χ1) is 13.3. The molecule has 0 aliphatic carbocycles. The van der Waals surface area contributed by atoms with Crippen LogP contribution in [0.1, 0.15) is 25.3 Å². The van der Waals surface area contributed by atoms with Gasteiger partial charge in [0.1, 0.15) is 0 Å². The number of hydrogen-bond donors (Lipinski definition) is 0. The molecule has 0 saturated heterocycles. The summed E-state index contributed by atoms with van der Waals surface area (Å²) in [5.74, 6) is 0. The Morgan fingerprint density at radius 1 is 1.00 bits per heavy atom. The smallest absolute Gasteiger partial charge is 0.172 e. The van der Waals surface area contributed by atoms with Crippen LogP contribution < -0.4 is 0 Å². The number of benzene rings is 1. The van der Waals surface area contributed by atoms with Crippen LogP contribution in [-0.4, -0.2) is 4.98 Å². The van der Waals surface area contributed by atoms with Crippen molar-refractivity contribution in [3.05, 3.63) is 90.6 Å². The summed E-state index contributed by atoms with van der Waals surface area (Å²) >= 11 is -0.826. The van der Waals surface area contributed by atoms with Crippen molar-refractivity contribution in [1.82, 2.24) is 4.98 Å². The van der Waals surface area contributed by atoms with Crippen LogP contribution in [-0.2, 0) is 27.3 Å². The van der Waals surface area contributed by atoms with E-state index in [1.807, 2.05) is 48.7 Å². The van der Waals surface area contributed by atoms with E-state index in [4.69, 9.17) is 17.0 Å². The standard InChI is InChI=1S/C18H18N.C5H5.2ClH.Zr/c1-2-3-7-14-12-15-8-6-9-16(17(15)13-14)18-10-4-5-11-19-18;1-2-4-5-3-1;;;/h4-6,8-13H,2-3,7H2,1H3;1-5H;2*1H;/q2*-1;;;+4/p-2. The second-order valence-electron chi connectivity index (χ2n) is 6.02. The minimum Gasteiger partial charge on any atom is -0.214 e. The number of hydrogen-bond acceptors (Lipinski definition) is 1. The zero-order chi connectivity index (χ0) is 19.3. The number of fused-ring (bicyclic) bond motifs is 1. The van der Waals surface area contributed by atoms with Crippen LogP contribution in [0, 0.1) is 0 Å². The van der Waals surface area contributed by atoms with Gasteiger partial charge in [-0.25, -0.2) is 12.1 Å². The van der Waals surface area contributed by atoms with E-state index in [1.165, 1.54) is 41.2 Å². The Hall–Kier alpha value is -1.21. The Morgan fingerprint density at radius 3 is 2.37 bits per heavy atom. The van der Waals surface area contributed by atoms with Crippen LogP contribution in [0.2, 0.25) is 0 Å². The quantitative estimate of drug-likeness (QED) is 0.275. The first-order valence-electron chi connectivity index (χ1n) is 9.02. The molecule has 27 heavy (non-hydrogen) atoms. The molecule has 0 saturated carbocycles. The molecule has 0 atom stereocenters. The van der Waals surface area contributed by atoms with Crippen LogP contribution >= 0.6 is 17.0 Å². The van der Waals surface area contributed by atoms with Gasteiger partial charge in [0.2, 0.25) is 0 Å². The largest absolute Gasteiger partial charge is 0.214 e. The number of rotatable bonds is 4. The van der Waals surface area contributed by atoms with E-state index in [2.05, 4.69) is 48.3 Å². The Bertz CT molecular complexity index is 853. The molecule has 4 aromatic rings. The van der Waals surface area contributed by atoms with Crippen molar-refractivity contribution < 1.29 is 20.8 Å². The van der Waals surface area contributed by atoms with Crippen LogP contribution in [0.5, 0.6) is 0 Å². The van der Waals surface area contributed by atoms with E-state index in [1.54, 1.807) is 0 Å². The zero-order valence-electron chi connectivity index (χ0n) is 15.4. The first kappa shape index (κ1) is 22.1. The van der Waals surface area contributed by atoms with Crippen molar-refractivity contribution in [2.45, 2.75) is 26.2 Å². The normalized spacial score (nSPS) is 9.59. The van der Waals surface area contributed by atoms with Crippen LogP contribution in [0.3, 0.4) is 0 Å². The van der Waals surface area contributed by atoms with Gasteiger partial charge in [-0.05, 0) is 24.1 Å². The maximum absolute atomic E-state index is 4.93. The number of aryl methyl sites for hydroxylation is 1. The molecule has 1 nitrogen and oxygen atoms in total. The number of unbranched alkanes of at least 4 members (excludes halogenated alkanes) is 1. The van der Waals surface area contributed by atoms with Crippen LogP contribution in [0.4, 0.5) is 0 Å². The fourth-order valence-corrected chi connectivity index (χ4v) is 2.89. The van der Waals surface area contributed by atoms with Crippen LogP contribution in [0.25, 0.3) is 22.0 Å². The van der Waals surface area contributed by atoms with Crippen molar-refractivity contribution in [1.29, 1.82) is 0 Å². The molecule has 0 fully saturated rings. The maximum atomic E-state index is 4.93. The molecule has 3 aromatic carbocycles. The number of nitrogens with zero attached hydrogens (tertiary/aromatic N) is 1. The summed E-state index contributed by atoms with van der Waals surface area (Å²) in [6, 6.07) is 27.2. The molecular formula is C23H23Cl2NZr. The van der Waals surface area contributed by atoms with Crippen LogP contribution in [0.15, 0.2) is 85.1 Å². The third-order valence-electron chi connectivity index (χ3n) is 4.13. The third kappa shape index (κ3) is 7.37. The second kappa shape index (κ2) is 13.1. The molecule has 1 heterocycles. The van der Waals surface area contributed by atoms with Crippen molar-refractivity contribution in [3.8, 4) is 11.3 Å². The minimum absolute atomic E-state index is 0.826. The topological polar surface area (TPSA) is 12.9 Å². The summed E-state index contributed by atoms with van der Waals surface area (Å²) in [7, 11) is 9.87. The number of pyridine rings is 1. The molecule has 4 rings (SSSR count). The van der Waals surface area contributed by atoms with E-state index in [0.717, 1.165) is 5.69 Å². The molecule has 0 aliphatic heterocycles. The predicted octanol–water partition coefficient (Wildman–Crippen LogP) is 7.75. The molecule has 138 valence electrons. The first-order valence-corrected chi connectivity index (χ1v) is 15.4. The second-order valence-corrected chi connectivity index (χ2v) is 9.76. The zero-order valence-corrected chi connectivity index (χ0v) is 19.4. The van der Waals surface area contributed by atoms with Crippen molar-refractivity contribution in [2.75, 3.05) is 0 Å². The van der Waals surface area contributed by atoms with Gasteiger partial charge in [-0.2, -0.15) is 24.3 Å². The van der Waals surface area contributed by atoms with Gasteiger partial charge >= 0.3 is 37.9 Å². The van der Waals surface area contributed by atoms with E-state index < -0.39 is 20.8 Å². The molecule has 0 bridgehead atoms. The van der Waals surface area contributed by atoms with Crippen molar-refractivity contribution in [3.63, 3.8) is 0 Å². The number of aromatic nitrogens is 1. The van der Waals surface area contributed by atoms with Gasteiger partial charge in [0.25, 0.3) is 0 Å². The molecule has 0 radical (unpaired) electrons. The van der Waals surface area contributed by atoms with E-state index in [-0.39, 0.29) is 0 Å². The Morgan fingerprint density at radius 2 is 1.78 bits per heavy atom. The van der Waals surface area contributed by atoms with E-state index in [9.17, 15) is 0 Å². The molecular weight excluding hydrogens is 452 g/mol. The van der Waals surface area contributed by atoms with Gasteiger partial charge in [0.05, 0.1) is 5.69 Å². The van der Waals surface area contributed by atoms with E-state index >= 15 is 0 Å². The SMILES string of the molecule is CCCCc1cc2c(-c3ccccn3)cccc2[cH-]1.[Cl][Zr+2][Cl].c1cc[cH-]c1. The maximum Gasteiger partial charge on any atom is -0.172 e. The van der Waals surface area contributed by atoms with Gasteiger partial charge in [-0.3, -0.25) is 4.98 Å².